The second-order valence-corrected chi connectivity index (χ2v) is 4.59. The molecule has 0 aromatic heterocycles. The van der Waals surface area contributed by atoms with Crippen molar-refractivity contribution in [1.29, 1.82) is 0 Å². The monoisotopic (exact) mass is 268 g/mol. The van der Waals surface area contributed by atoms with Crippen molar-refractivity contribution in [2.75, 3.05) is 19.5 Å². The first-order chi connectivity index (χ1) is 8.67. The predicted octanol–water partition coefficient (Wildman–Crippen LogP) is 2.52. The average molecular weight is 268 g/mol. The van der Waals surface area contributed by atoms with E-state index >= 15 is 0 Å². The summed E-state index contributed by atoms with van der Waals surface area (Å²) in [6, 6.07) is 7.12. The van der Waals surface area contributed by atoms with Gasteiger partial charge in [0.25, 0.3) is 0 Å². The molecule has 4 nitrogen and oxygen atoms in total. The maximum Gasteiger partial charge on any atom is 0.338 e. The zero-order valence-electron chi connectivity index (χ0n) is 10.5. The fourth-order valence-electron chi connectivity index (χ4n) is 1.26. The maximum absolute atomic E-state index is 11.4. The fourth-order valence-corrected chi connectivity index (χ4v) is 2.09. The Balaban J connectivity index is 2.45. The SMILES string of the molecule is CCOC(=O)c1ccc(SCCC(=O)OC)cc1. The number of benzene rings is 1. The van der Waals surface area contributed by atoms with E-state index in [2.05, 4.69) is 4.74 Å². The van der Waals surface area contributed by atoms with Gasteiger partial charge in [-0.2, -0.15) is 0 Å². The molecule has 0 saturated heterocycles. The van der Waals surface area contributed by atoms with E-state index < -0.39 is 0 Å². The molecule has 0 fully saturated rings. The molecular formula is C13H16O4S. The van der Waals surface area contributed by atoms with Crippen molar-refractivity contribution in [3.8, 4) is 0 Å². The minimum absolute atomic E-state index is 0.217. The minimum atomic E-state index is -0.316. The molecule has 0 heterocycles. The van der Waals surface area contributed by atoms with Gasteiger partial charge in [-0.05, 0) is 31.2 Å². The van der Waals surface area contributed by atoms with Crippen LogP contribution in [0.1, 0.15) is 23.7 Å². The molecule has 1 aromatic rings. The fraction of sp³-hybridized carbons (Fsp3) is 0.385. The quantitative estimate of drug-likeness (QED) is 0.586. The van der Waals surface area contributed by atoms with E-state index in [1.54, 1.807) is 30.8 Å². The number of hydrogen-bond donors (Lipinski definition) is 0. The van der Waals surface area contributed by atoms with Crippen molar-refractivity contribution in [2.24, 2.45) is 0 Å². The number of carbonyl (C=O) groups excluding carboxylic acids is 2. The summed E-state index contributed by atoms with van der Waals surface area (Å²) in [5.41, 5.74) is 0.536. The molecule has 0 unspecified atom stereocenters. The summed E-state index contributed by atoms with van der Waals surface area (Å²) in [5.74, 6) is 0.125. The van der Waals surface area contributed by atoms with Crippen molar-refractivity contribution in [1.82, 2.24) is 0 Å². The zero-order valence-corrected chi connectivity index (χ0v) is 11.3. The third kappa shape index (κ3) is 4.79. The lowest BCUT2D eigenvalue weighted by atomic mass is 10.2. The number of ether oxygens (including phenoxy) is 2. The van der Waals surface area contributed by atoms with E-state index in [-0.39, 0.29) is 11.9 Å². The van der Waals surface area contributed by atoms with Gasteiger partial charge in [0.05, 0.1) is 25.7 Å². The van der Waals surface area contributed by atoms with Crippen LogP contribution in [0.15, 0.2) is 29.2 Å². The summed E-state index contributed by atoms with van der Waals surface area (Å²) in [4.78, 5) is 23.3. The van der Waals surface area contributed by atoms with Gasteiger partial charge in [-0.3, -0.25) is 4.79 Å². The van der Waals surface area contributed by atoms with E-state index in [0.717, 1.165) is 4.90 Å². The molecule has 0 aliphatic carbocycles. The van der Waals surface area contributed by atoms with Crippen LogP contribution in [0.25, 0.3) is 0 Å². The number of esters is 2. The molecule has 0 atom stereocenters. The third-order valence-corrected chi connectivity index (χ3v) is 3.18. The van der Waals surface area contributed by atoms with Crippen molar-refractivity contribution in [3.05, 3.63) is 29.8 Å². The molecule has 0 aliphatic rings. The molecule has 1 rings (SSSR count). The third-order valence-electron chi connectivity index (χ3n) is 2.17. The van der Waals surface area contributed by atoms with E-state index in [1.165, 1.54) is 7.11 Å². The lowest BCUT2D eigenvalue weighted by molar-refractivity contribution is -0.140. The Morgan fingerprint density at radius 3 is 2.44 bits per heavy atom. The van der Waals surface area contributed by atoms with Gasteiger partial charge in [0.1, 0.15) is 0 Å². The van der Waals surface area contributed by atoms with Crippen molar-refractivity contribution < 1.29 is 19.1 Å². The highest BCUT2D eigenvalue weighted by molar-refractivity contribution is 7.99. The molecule has 0 aliphatic heterocycles. The molecular weight excluding hydrogens is 252 g/mol. The van der Waals surface area contributed by atoms with E-state index in [1.807, 2.05) is 12.1 Å². The van der Waals surface area contributed by atoms with Crippen LogP contribution in [0.3, 0.4) is 0 Å². The average Bonchev–Trinajstić information content (AvgIpc) is 2.39. The van der Waals surface area contributed by atoms with Crippen molar-refractivity contribution in [3.63, 3.8) is 0 Å². The summed E-state index contributed by atoms with van der Waals surface area (Å²) in [6.45, 7) is 2.14. The largest absolute Gasteiger partial charge is 0.469 e. The summed E-state index contributed by atoms with van der Waals surface area (Å²) in [6.07, 6.45) is 0.376. The van der Waals surface area contributed by atoms with Crippen molar-refractivity contribution in [2.45, 2.75) is 18.2 Å². The Morgan fingerprint density at radius 1 is 1.22 bits per heavy atom. The van der Waals surface area contributed by atoms with Gasteiger partial charge in [-0.15, -0.1) is 11.8 Å². The topological polar surface area (TPSA) is 52.6 Å². The van der Waals surface area contributed by atoms with Gasteiger partial charge in [-0.25, -0.2) is 4.79 Å². The molecule has 0 radical (unpaired) electrons. The Morgan fingerprint density at radius 2 is 1.89 bits per heavy atom. The lowest BCUT2D eigenvalue weighted by Crippen LogP contribution is -2.04. The number of methoxy groups -OCH3 is 1. The van der Waals surface area contributed by atoms with Crippen molar-refractivity contribution >= 4 is 23.7 Å². The van der Waals surface area contributed by atoms with Crippen LogP contribution in [0.2, 0.25) is 0 Å². The highest BCUT2D eigenvalue weighted by Crippen LogP contribution is 2.19. The number of thioether (sulfide) groups is 1. The number of rotatable bonds is 6. The van der Waals surface area contributed by atoms with Crippen LogP contribution in [-0.2, 0) is 14.3 Å². The van der Waals surface area contributed by atoms with Crippen LogP contribution in [0, 0.1) is 0 Å². The maximum atomic E-state index is 11.4. The molecule has 98 valence electrons. The summed E-state index contributed by atoms with van der Waals surface area (Å²) < 4.78 is 9.44. The number of carbonyl (C=O) groups is 2. The van der Waals surface area contributed by atoms with Gasteiger partial charge < -0.3 is 9.47 Å². The molecule has 1 aromatic carbocycles. The van der Waals surface area contributed by atoms with Crippen LogP contribution < -0.4 is 0 Å². The Labute approximate surface area is 111 Å². The van der Waals surface area contributed by atoms with E-state index in [9.17, 15) is 9.59 Å². The molecule has 0 bridgehead atoms. The number of hydrogen-bond acceptors (Lipinski definition) is 5. The Kier molecular flexibility index (Phi) is 6.28. The normalized spacial score (nSPS) is 9.89. The zero-order chi connectivity index (χ0) is 13.4. The van der Waals surface area contributed by atoms with Gasteiger partial charge in [0, 0.05) is 10.6 Å². The van der Waals surface area contributed by atoms with Gasteiger partial charge in [0.2, 0.25) is 0 Å². The molecule has 5 heteroatoms. The first-order valence-electron chi connectivity index (χ1n) is 5.64. The predicted molar refractivity (Wildman–Crippen MR) is 69.8 cm³/mol. The minimum Gasteiger partial charge on any atom is -0.469 e. The second kappa shape index (κ2) is 7.76. The standard InChI is InChI=1S/C13H16O4S/c1-3-17-13(15)10-4-6-11(7-5-10)18-9-8-12(14)16-2/h4-7H,3,8-9H2,1-2H3. The first-order valence-corrected chi connectivity index (χ1v) is 6.62. The highest BCUT2D eigenvalue weighted by Gasteiger charge is 2.06. The van der Waals surface area contributed by atoms with Crippen LogP contribution in [0.5, 0.6) is 0 Å². The summed E-state index contributed by atoms with van der Waals surface area (Å²) in [5, 5.41) is 0. The molecule has 0 saturated carbocycles. The molecule has 18 heavy (non-hydrogen) atoms. The van der Waals surface area contributed by atoms with Crippen LogP contribution in [-0.4, -0.2) is 31.4 Å². The highest BCUT2D eigenvalue weighted by atomic mass is 32.2. The summed E-state index contributed by atoms with van der Waals surface area (Å²) >= 11 is 1.54. The molecule has 0 N–H and O–H groups in total. The van der Waals surface area contributed by atoms with E-state index in [0.29, 0.717) is 24.3 Å². The molecule has 0 amide bonds. The van der Waals surface area contributed by atoms with Crippen LogP contribution in [0.4, 0.5) is 0 Å². The van der Waals surface area contributed by atoms with Gasteiger partial charge >= 0.3 is 11.9 Å². The van der Waals surface area contributed by atoms with Gasteiger partial charge in [-0.1, -0.05) is 0 Å². The van der Waals surface area contributed by atoms with Gasteiger partial charge in [0.15, 0.2) is 0 Å². The smallest absolute Gasteiger partial charge is 0.338 e. The first kappa shape index (κ1) is 14.6. The Bertz CT molecular complexity index is 400. The molecule has 0 spiro atoms. The Hall–Kier alpha value is -1.49. The second-order valence-electron chi connectivity index (χ2n) is 3.42. The van der Waals surface area contributed by atoms with Crippen LogP contribution >= 0.6 is 11.8 Å². The summed E-state index contributed by atoms with van der Waals surface area (Å²) in [7, 11) is 1.38. The van der Waals surface area contributed by atoms with E-state index in [4.69, 9.17) is 4.74 Å². The lowest BCUT2D eigenvalue weighted by Gasteiger charge is -2.03.